The minimum atomic E-state index is -1.20. The van der Waals surface area contributed by atoms with Crippen molar-refractivity contribution in [3.05, 3.63) is 210 Å². The number of aromatic nitrogens is 8. The molecule has 12 heterocycles. The van der Waals surface area contributed by atoms with Gasteiger partial charge in [0.1, 0.15) is 34.3 Å². The Morgan fingerprint density at radius 3 is 1.02 bits per heavy atom. The van der Waals surface area contributed by atoms with Gasteiger partial charge in [-0.3, -0.25) is 29.5 Å². The minimum Gasteiger partial charge on any atom is -0.478 e. The van der Waals surface area contributed by atoms with Crippen LogP contribution in [0.1, 0.15) is 246 Å². The van der Waals surface area contributed by atoms with Crippen molar-refractivity contribution in [3.63, 3.8) is 0 Å². The van der Waals surface area contributed by atoms with Crippen molar-refractivity contribution in [1.29, 1.82) is 0 Å². The van der Waals surface area contributed by atoms with Crippen LogP contribution in [0.15, 0.2) is 153 Å². The smallest absolute Gasteiger partial charge is 0.410 e. The maximum Gasteiger partial charge on any atom is 0.410 e. The van der Waals surface area contributed by atoms with Crippen molar-refractivity contribution in [3.8, 4) is 17.1 Å². The molecule has 0 spiro atoms. The molecular weight excluding hydrogens is 1570 g/mol. The van der Waals surface area contributed by atoms with E-state index in [-0.39, 0.29) is 71.7 Å². The number of nitrogens with zero attached hydrogens (tertiary/aromatic N) is 12. The number of carboxylic acids is 1. The molecule has 0 aliphatic carbocycles. The number of fused-ring (bicyclic) bond motifs is 4. The number of hydrogen-bond donors (Lipinski definition) is 3. The lowest BCUT2D eigenvalue weighted by Gasteiger charge is -2.33. The zero-order chi connectivity index (χ0) is 88.7. The molecule has 0 atom stereocenters. The number of rotatable bonds is 14. The summed E-state index contributed by atoms with van der Waals surface area (Å²) >= 11 is 0. The molecule has 27 heteroatoms. The van der Waals surface area contributed by atoms with Crippen LogP contribution in [0.25, 0.3) is 60.7 Å². The Balaban J connectivity index is 0.000000152. The van der Waals surface area contributed by atoms with E-state index < -0.39 is 40.2 Å². The second-order valence-corrected chi connectivity index (χ2v) is 36.5. The quantitative estimate of drug-likeness (QED) is 0.0855. The summed E-state index contributed by atoms with van der Waals surface area (Å²) in [5.41, 5.74) is 9.22. The van der Waals surface area contributed by atoms with Gasteiger partial charge in [-0.2, -0.15) is 0 Å². The molecule has 0 saturated carbocycles. The van der Waals surface area contributed by atoms with Crippen LogP contribution in [-0.2, 0) is 14.2 Å². The zero-order valence-corrected chi connectivity index (χ0v) is 74.0. The van der Waals surface area contributed by atoms with Gasteiger partial charge >= 0.3 is 24.2 Å². The molecule has 4 fully saturated rings. The van der Waals surface area contributed by atoms with Gasteiger partial charge in [-0.15, -0.1) is 0 Å². The molecule has 5 amide bonds. The number of halogens is 3. The van der Waals surface area contributed by atoms with Crippen LogP contribution in [0.5, 0.6) is 0 Å². The number of likely N-dealkylation sites (tertiary alicyclic amines) is 3. The Morgan fingerprint density at radius 1 is 0.407 bits per heavy atom. The fourth-order valence-corrected chi connectivity index (χ4v) is 17.5. The molecule has 15 rings (SSSR count). The molecule has 123 heavy (non-hydrogen) atoms. The van der Waals surface area contributed by atoms with Crippen molar-refractivity contribution >= 4 is 79.7 Å². The molecule has 8 aromatic heterocycles. The monoisotopic (exact) mass is 1680 g/mol. The number of hydrogen-bond acceptors (Lipinski definition) is 14. The van der Waals surface area contributed by atoms with Crippen LogP contribution in [0.2, 0.25) is 0 Å². The van der Waals surface area contributed by atoms with Crippen LogP contribution < -0.4 is 5.32 Å². The number of amides is 5. The van der Waals surface area contributed by atoms with E-state index >= 15 is 0 Å². The number of carboxylic acid groups (broad SMARTS) is 1. The Kier molecular flexibility index (Phi) is 28.3. The minimum absolute atomic E-state index is 0.0111. The number of benzene rings is 3. The molecule has 24 nitrogen and oxygen atoms in total. The molecule has 4 aliphatic heterocycles. The van der Waals surface area contributed by atoms with Crippen LogP contribution in [0, 0.1) is 17.5 Å². The van der Waals surface area contributed by atoms with Gasteiger partial charge in [0.25, 0.3) is 11.8 Å². The van der Waals surface area contributed by atoms with Gasteiger partial charge < -0.3 is 67.8 Å². The lowest BCUT2D eigenvalue weighted by Crippen LogP contribution is -2.42. The third-order valence-electron chi connectivity index (χ3n) is 23.0. The summed E-state index contributed by atoms with van der Waals surface area (Å²) in [5, 5.41) is 17.4. The Labute approximate surface area is 718 Å². The second-order valence-electron chi connectivity index (χ2n) is 36.5. The summed E-state index contributed by atoms with van der Waals surface area (Å²) in [6.45, 7) is 38.5. The van der Waals surface area contributed by atoms with Crippen molar-refractivity contribution in [2.75, 3.05) is 52.4 Å². The first-order valence-corrected chi connectivity index (χ1v) is 43.0. The number of nitrogens with one attached hydrogen (secondary N) is 2. The summed E-state index contributed by atoms with van der Waals surface area (Å²) in [6, 6.07) is 20.6. The third-order valence-corrected chi connectivity index (χ3v) is 23.0. The van der Waals surface area contributed by atoms with E-state index in [0.717, 1.165) is 133 Å². The van der Waals surface area contributed by atoms with Gasteiger partial charge in [0, 0.05) is 135 Å². The maximum absolute atomic E-state index is 14.5. The maximum atomic E-state index is 14.5. The SMILES string of the molecule is CC(C)(C)OC(=O)N1CCC(c2c[nH]c3cnccc23)CC1.CC(C)(C)OC(=O)N1CCC(c2cn(-c3ccc(F)cc3C(=O)O)c3cnccc23)CC1.CC(C)N(C(=O)c1cc(F)ccc1-n1cc(C2CCN(C(=O)OC(C)(C)C)CC2)c2ccncc21)C(C)C.CC(C)N(C(=O)c1cc(F)ccc1-n1cc(C2CCNCC2)c2ccncc21)C(C)C. The number of carbonyl (C=O) groups is 6. The number of aromatic amines is 1. The fourth-order valence-electron chi connectivity index (χ4n) is 17.5. The molecule has 0 radical (unpaired) electrons. The highest BCUT2D eigenvalue weighted by atomic mass is 19.1. The van der Waals surface area contributed by atoms with Gasteiger partial charge in [-0.1, -0.05) is 0 Å². The van der Waals surface area contributed by atoms with Crippen LogP contribution in [0.3, 0.4) is 0 Å². The highest BCUT2D eigenvalue weighted by Gasteiger charge is 2.36. The zero-order valence-electron chi connectivity index (χ0n) is 74.0. The molecule has 4 aliphatic rings. The first-order valence-electron chi connectivity index (χ1n) is 43.0. The number of aromatic carboxylic acids is 1. The average molecular weight is 1690 g/mol. The number of pyridine rings is 4. The van der Waals surface area contributed by atoms with E-state index in [0.29, 0.717) is 66.2 Å². The summed E-state index contributed by atoms with van der Waals surface area (Å²) in [5.74, 6) is -1.67. The summed E-state index contributed by atoms with van der Waals surface area (Å²) in [6.07, 6.45) is 28.9. The van der Waals surface area contributed by atoms with E-state index in [1.54, 1.807) is 61.1 Å². The van der Waals surface area contributed by atoms with Gasteiger partial charge in [-0.05, 0) is 307 Å². The molecular formula is C96H119F3N14O10. The largest absolute Gasteiger partial charge is 0.478 e. The van der Waals surface area contributed by atoms with E-state index in [1.807, 2.05) is 181 Å². The van der Waals surface area contributed by atoms with Crippen LogP contribution in [0.4, 0.5) is 27.6 Å². The fraction of sp³-hybridized carbons (Fsp3) is 0.458. The van der Waals surface area contributed by atoms with E-state index in [4.69, 9.17) is 14.2 Å². The average Bonchev–Trinajstić information content (AvgIpc) is 1.60. The Hall–Kier alpha value is -11.6. The predicted molar refractivity (Wildman–Crippen MR) is 473 cm³/mol. The molecule has 11 aromatic rings. The Morgan fingerprint density at radius 2 is 0.699 bits per heavy atom. The van der Waals surface area contributed by atoms with E-state index in [9.17, 15) is 47.0 Å². The normalized spacial score (nSPS) is 15.4. The molecule has 0 unspecified atom stereocenters. The van der Waals surface area contributed by atoms with Gasteiger partial charge in [0.2, 0.25) is 0 Å². The third kappa shape index (κ3) is 21.5. The van der Waals surface area contributed by atoms with Crippen molar-refractivity contribution in [2.45, 2.75) is 234 Å². The lowest BCUT2D eigenvalue weighted by atomic mass is 9.89. The number of H-pyrrole nitrogens is 1. The van der Waals surface area contributed by atoms with Gasteiger partial charge in [-0.25, -0.2) is 32.3 Å². The molecule has 3 aromatic carbocycles. The van der Waals surface area contributed by atoms with Crippen LogP contribution in [-0.4, -0.2) is 198 Å². The standard InChI is InChI=1S/C30H39FN4O3.C25H31FN4O.C24H26FN3O4.C17H23N3O2/c1-19(2)35(20(3)4)28(36)24-16-22(31)8-9-26(24)34-18-25(23-10-13-32-17-27(23)34)21-11-14-33(15-12-21)29(37)38-30(5,6)7;1-16(2)30(17(3)4)25(31)21-13-19(26)5-6-23(21)29-15-22(18-7-10-27-11-8-18)20-9-12-28-14-24(20)29;1-24(2,3)32-23(31)27-10-7-15(8-11-27)19-14-28(21-13-26-9-6-17(19)21)20-5-4-16(25)12-18(20)22(29)30;1-17(2,3)22-16(21)20-8-5-12(6-9-20)14-10-19-15-11-18-7-4-13(14)15/h8-10,13,16-21H,11-12,14-15H2,1-7H3;5-6,9,12-18,27H,7-8,10-11H2,1-4H3;4-6,9,12-15H,7-8,10-11H2,1-3H3,(H,29,30);4,7,10-12,19H,5-6,8-9H2,1-3H3. The number of ether oxygens (including phenoxy) is 3. The van der Waals surface area contributed by atoms with Crippen molar-refractivity contribution in [1.82, 2.24) is 68.4 Å². The summed E-state index contributed by atoms with van der Waals surface area (Å²) < 4.78 is 64.7. The molecule has 3 N–H and O–H groups in total. The first kappa shape index (κ1) is 90.6. The van der Waals surface area contributed by atoms with Crippen LogP contribution >= 0.6 is 0 Å². The van der Waals surface area contributed by atoms with Crippen molar-refractivity contribution in [2.24, 2.45) is 0 Å². The Bertz CT molecular complexity index is 5570. The highest BCUT2D eigenvalue weighted by Crippen LogP contribution is 2.42. The van der Waals surface area contributed by atoms with Crippen molar-refractivity contribution < 1.29 is 61.3 Å². The second kappa shape index (κ2) is 38.4. The molecule has 654 valence electrons. The van der Waals surface area contributed by atoms with Gasteiger partial charge in [0.15, 0.2) is 0 Å². The number of piperidine rings is 4. The topological polar surface area (TPSA) is 261 Å². The number of carbonyl (C=O) groups excluding carboxylic acids is 5. The lowest BCUT2D eigenvalue weighted by molar-refractivity contribution is 0.0194. The molecule has 0 bridgehead atoms. The van der Waals surface area contributed by atoms with Gasteiger partial charge in [0.05, 0.1) is 80.6 Å². The van der Waals surface area contributed by atoms with E-state index in [1.165, 1.54) is 52.9 Å². The summed E-state index contributed by atoms with van der Waals surface area (Å²) in [4.78, 5) is 105. The van der Waals surface area contributed by atoms with E-state index in [2.05, 4.69) is 54.9 Å². The first-order chi connectivity index (χ1) is 58.3. The summed E-state index contributed by atoms with van der Waals surface area (Å²) in [7, 11) is 0. The predicted octanol–water partition coefficient (Wildman–Crippen LogP) is 20.1. The molecule has 4 saturated heterocycles. The highest BCUT2D eigenvalue weighted by molar-refractivity contribution is 6.01.